The van der Waals surface area contributed by atoms with Crippen molar-refractivity contribution < 1.29 is 80.9 Å². The third kappa shape index (κ3) is 9.83. The maximum absolute atomic E-state index is 12.9. The first-order valence-corrected chi connectivity index (χ1v) is 13.3. The molecule has 18 nitrogen and oxygen atoms in total. The fourth-order valence-electron chi connectivity index (χ4n) is 4.66. The Kier molecular flexibility index (Phi) is 13.4. The maximum atomic E-state index is 12.9. The second-order valence-electron chi connectivity index (χ2n) is 9.65. The van der Waals surface area contributed by atoms with Crippen molar-refractivity contribution in [1.82, 2.24) is 5.32 Å². The van der Waals surface area contributed by atoms with Gasteiger partial charge in [0, 0.05) is 48.7 Å². The smallest absolute Gasteiger partial charge is 0.338 e. The quantitative estimate of drug-likeness (QED) is 0.200. The molecule has 0 unspecified atom stereocenters. The van der Waals surface area contributed by atoms with E-state index in [2.05, 4.69) is 5.32 Å². The summed E-state index contributed by atoms with van der Waals surface area (Å²) in [5, 5.41) is 2.50. The minimum atomic E-state index is -1.72. The molecule has 18 heteroatoms. The standard InChI is InChI=1S/C26H37NO17/c1-10(28)27-17-19(39-13(4)31)18(38-12(3)30)16(9-37-11(2)29)42-25(17)43-20-21(40-14(5)32)23(41-15(6)33)26(36-8)44-22(20)24(34)35-7/h16-23,25-26H,9H2,1-8H3,(H,27,28)/t16-,17-,18+,19-,20+,21+,22+,23-,25+,26-/m1/s1. The van der Waals surface area contributed by atoms with Crippen LogP contribution in [0.1, 0.15) is 41.5 Å². The lowest BCUT2D eigenvalue weighted by Crippen LogP contribution is -2.69. The van der Waals surface area contributed by atoms with Crippen molar-refractivity contribution in [3.63, 3.8) is 0 Å². The highest BCUT2D eigenvalue weighted by Gasteiger charge is 2.58. The predicted molar refractivity (Wildman–Crippen MR) is 138 cm³/mol. The number of nitrogens with one attached hydrogen (secondary N) is 1. The lowest BCUT2D eigenvalue weighted by Gasteiger charge is -2.48. The average Bonchev–Trinajstić information content (AvgIpc) is 2.90. The van der Waals surface area contributed by atoms with Gasteiger partial charge in [0.25, 0.3) is 0 Å². The van der Waals surface area contributed by atoms with Crippen LogP contribution in [0.4, 0.5) is 0 Å². The van der Waals surface area contributed by atoms with E-state index < -0.39 is 110 Å². The van der Waals surface area contributed by atoms with E-state index in [1.807, 2.05) is 0 Å². The molecule has 0 saturated carbocycles. The van der Waals surface area contributed by atoms with Crippen molar-refractivity contribution in [3.05, 3.63) is 0 Å². The van der Waals surface area contributed by atoms with Crippen molar-refractivity contribution in [1.29, 1.82) is 0 Å². The van der Waals surface area contributed by atoms with Crippen LogP contribution in [0.25, 0.3) is 0 Å². The van der Waals surface area contributed by atoms with Crippen LogP contribution in [0, 0.1) is 0 Å². The molecule has 2 aliphatic heterocycles. The molecule has 0 spiro atoms. The van der Waals surface area contributed by atoms with Crippen LogP contribution in [0.15, 0.2) is 0 Å². The lowest BCUT2D eigenvalue weighted by atomic mass is 9.94. The van der Waals surface area contributed by atoms with Gasteiger partial charge >= 0.3 is 35.8 Å². The number of esters is 6. The molecule has 2 aliphatic rings. The molecule has 248 valence electrons. The highest BCUT2D eigenvalue weighted by molar-refractivity contribution is 5.76. The summed E-state index contributed by atoms with van der Waals surface area (Å²) >= 11 is 0. The molecular weight excluding hydrogens is 598 g/mol. The van der Waals surface area contributed by atoms with Crippen LogP contribution in [-0.4, -0.2) is 124 Å². The maximum Gasteiger partial charge on any atom is 0.338 e. The van der Waals surface area contributed by atoms with E-state index in [1.165, 1.54) is 7.11 Å². The third-order valence-electron chi connectivity index (χ3n) is 6.13. The number of methoxy groups -OCH3 is 2. The fourth-order valence-corrected chi connectivity index (χ4v) is 4.66. The van der Waals surface area contributed by atoms with Crippen molar-refractivity contribution in [2.24, 2.45) is 0 Å². The Bertz CT molecular complexity index is 1090. The number of carbonyl (C=O) groups excluding carboxylic acids is 7. The minimum Gasteiger partial charge on any atom is -0.467 e. The number of carbonyl (C=O) groups is 7. The zero-order valence-corrected chi connectivity index (χ0v) is 25.4. The lowest BCUT2D eigenvalue weighted by molar-refractivity contribution is -0.340. The molecule has 0 radical (unpaired) electrons. The number of ether oxygens (including phenoxy) is 10. The van der Waals surface area contributed by atoms with Crippen LogP contribution >= 0.6 is 0 Å². The number of hydrogen-bond acceptors (Lipinski definition) is 17. The molecular formula is C26H37NO17. The van der Waals surface area contributed by atoms with E-state index in [0.29, 0.717) is 0 Å². The van der Waals surface area contributed by atoms with Gasteiger partial charge in [0.15, 0.2) is 43.1 Å². The highest BCUT2D eigenvalue weighted by Crippen LogP contribution is 2.34. The Morgan fingerprint density at radius 2 is 1.14 bits per heavy atom. The molecule has 10 atom stereocenters. The van der Waals surface area contributed by atoms with Crippen LogP contribution in [-0.2, 0) is 80.9 Å². The van der Waals surface area contributed by atoms with Gasteiger partial charge in [-0.1, -0.05) is 0 Å². The molecule has 0 aromatic rings. The van der Waals surface area contributed by atoms with Crippen LogP contribution in [0.3, 0.4) is 0 Å². The summed E-state index contributed by atoms with van der Waals surface area (Å²) in [5.41, 5.74) is 0. The summed E-state index contributed by atoms with van der Waals surface area (Å²) in [6.07, 6.45) is -14.0. The van der Waals surface area contributed by atoms with Gasteiger partial charge in [-0.25, -0.2) is 4.79 Å². The van der Waals surface area contributed by atoms with Gasteiger partial charge in [-0.3, -0.25) is 28.8 Å². The van der Waals surface area contributed by atoms with Crippen LogP contribution < -0.4 is 5.32 Å². The second kappa shape index (κ2) is 16.3. The fraction of sp³-hybridized carbons (Fsp3) is 0.731. The molecule has 44 heavy (non-hydrogen) atoms. The van der Waals surface area contributed by atoms with Gasteiger partial charge in [0.05, 0.1) is 7.11 Å². The predicted octanol–water partition coefficient (Wildman–Crippen LogP) is -1.56. The van der Waals surface area contributed by atoms with Gasteiger partial charge in [0.1, 0.15) is 24.9 Å². The molecule has 0 aliphatic carbocycles. The van der Waals surface area contributed by atoms with Gasteiger partial charge in [-0.05, 0) is 0 Å². The molecule has 1 amide bonds. The van der Waals surface area contributed by atoms with E-state index in [4.69, 9.17) is 47.4 Å². The Balaban J connectivity index is 2.71. The summed E-state index contributed by atoms with van der Waals surface area (Å²) in [6, 6.07) is -1.46. The van der Waals surface area contributed by atoms with Gasteiger partial charge < -0.3 is 52.7 Å². The molecule has 0 aromatic carbocycles. The van der Waals surface area contributed by atoms with E-state index >= 15 is 0 Å². The van der Waals surface area contributed by atoms with Gasteiger partial charge in [0.2, 0.25) is 5.91 Å². The normalized spacial score (nSPS) is 31.5. The molecule has 1 N–H and O–H groups in total. The highest BCUT2D eigenvalue weighted by atomic mass is 16.8. The molecule has 2 heterocycles. The number of hydrogen-bond donors (Lipinski definition) is 1. The monoisotopic (exact) mass is 635 g/mol. The molecule has 0 bridgehead atoms. The number of rotatable bonds is 11. The van der Waals surface area contributed by atoms with Crippen molar-refractivity contribution in [3.8, 4) is 0 Å². The van der Waals surface area contributed by atoms with Crippen LogP contribution in [0.5, 0.6) is 0 Å². The Morgan fingerprint density at radius 3 is 1.61 bits per heavy atom. The average molecular weight is 636 g/mol. The summed E-state index contributed by atoms with van der Waals surface area (Å²) in [5.74, 6) is -5.87. The van der Waals surface area contributed by atoms with E-state index in [-0.39, 0.29) is 0 Å². The zero-order valence-electron chi connectivity index (χ0n) is 25.4. The summed E-state index contributed by atoms with van der Waals surface area (Å²) in [6.45, 7) is 5.90. The van der Waals surface area contributed by atoms with Crippen molar-refractivity contribution >= 4 is 41.7 Å². The first kappa shape index (κ1) is 36.3. The SMILES string of the molecule is COC(=O)[C@H]1O[C@@H](OC)[C@H](OC(C)=O)[C@@H](OC(C)=O)[C@@H]1O[C@@H]1O[C@H](COC(C)=O)[C@H](OC(C)=O)[C@H](OC(C)=O)[C@H]1NC(C)=O. The van der Waals surface area contributed by atoms with Gasteiger partial charge in [-0.2, -0.15) is 0 Å². The summed E-state index contributed by atoms with van der Waals surface area (Å²) in [7, 11) is 2.22. The van der Waals surface area contributed by atoms with E-state index in [0.717, 1.165) is 48.7 Å². The minimum absolute atomic E-state index is 0.547. The van der Waals surface area contributed by atoms with E-state index in [9.17, 15) is 33.6 Å². The Hall–Kier alpha value is -3.87. The summed E-state index contributed by atoms with van der Waals surface area (Å²) in [4.78, 5) is 85.2. The molecule has 2 saturated heterocycles. The largest absolute Gasteiger partial charge is 0.467 e. The zero-order chi connectivity index (χ0) is 33.3. The summed E-state index contributed by atoms with van der Waals surface area (Å²) < 4.78 is 54.5. The first-order chi connectivity index (χ1) is 20.6. The molecule has 2 fully saturated rings. The van der Waals surface area contributed by atoms with Crippen LogP contribution in [0.2, 0.25) is 0 Å². The van der Waals surface area contributed by atoms with E-state index in [1.54, 1.807) is 0 Å². The molecule has 2 rings (SSSR count). The Morgan fingerprint density at radius 1 is 0.614 bits per heavy atom. The van der Waals surface area contributed by atoms with Gasteiger partial charge in [-0.15, -0.1) is 0 Å². The third-order valence-corrected chi connectivity index (χ3v) is 6.13. The Labute approximate surface area is 252 Å². The molecule has 0 aromatic heterocycles. The topological polar surface area (TPSA) is 224 Å². The van der Waals surface area contributed by atoms with Crippen molar-refractivity contribution in [2.75, 3.05) is 20.8 Å². The van der Waals surface area contributed by atoms with Crippen molar-refractivity contribution in [2.45, 2.75) is 103 Å². The first-order valence-electron chi connectivity index (χ1n) is 13.3. The second-order valence-corrected chi connectivity index (χ2v) is 9.65. The number of amides is 1.